The number of aryl methyl sites for hydroxylation is 2. The second-order valence-electron chi connectivity index (χ2n) is 7.68. The summed E-state index contributed by atoms with van der Waals surface area (Å²) in [6.45, 7) is 2.12. The van der Waals surface area contributed by atoms with Gasteiger partial charge in [0.2, 0.25) is 0 Å². The predicted octanol–water partition coefficient (Wildman–Crippen LogP) is 4.04. The van der Waals surface area contributed by atoms with Crippen LogP contribution in [0.5, 0.6) is 0 Å². The van der Waals surface area contributed by atoms with Crippen LogP contribution < -0.4 is 5.32 Å². The van der Waals surface area contributed by atoms with Crippen molar-refractivity contribution in [1.29, 1.82) is 0 Å². The Morgan fingerprint density at radius 3 is 2.32 bits per heavy atom. The molecule has 0 saturated carbocycles. The Morgan fingerprint density at radius 2 is 1.74 bits per heavy atom. The Morgan fingerprint density at radius 1 is 1.13 bits per heavy atom. The summed E-state index contributed by atoms with van der Waals surface area (Å²) < 4.78 is 7.21. The highest BCUT2D eigenvalue weighted by Crippen LogP contribution is 2.44. The highest BCUT2D eigenvalue weighted by Gasteiger charge is 2.30. The molecule has 7 heteroatoms. The number of carbonyl (C=O) groups is 2. The molecule has 160 valence electrons. The third-order valence-electron chi connectivity index (χ3n) is 5.66. The lowest BCUT2D eigenvalue weighted by molar-refractivity contribution is -0.137. The molecule has 0 bridgehead atoms. The number of amides is 1. The van der Waals surface area contributed by atoms with E-state index in [-0.39, 0.29) is 18.9 Å². The molecule has 7 nitrogen and oxygen atoms in total. The molecule has 1 aliphatic carbocycles. The third kappa shape index (κ3) is 4.17. The number of nitrogens with zero attached hydrogens (tertiary/aromatic N) is 2. The van der Waals surface area contributed by atoms with Crippen molar-refractivity contribution in [3.05, 3.63) is 77.1 Å². The summed E-state index contributed by atoms with van der Waals surface area (Å²) >= 11 is 0. The number of ether oxygens (including phenoxy) is 1. The summed E-state index contributed by atoms with van der Waals surface area (Å²) in [5.74, 6) is -1.06. The SMILES string of the molecule is CCc1nn(C)cc1[C@H](CC(=O)O)NC(=O)OCC1c2ccccc2-c2ccccc21. The number of carbonyl (C=O) groups excluding carboxylic acids is 1. The monoisotopic (exact) mass is 419 g/mol. The Hall–Kier alpha value is -3.61. The lowest BCUT2D eigenvalue weighted by Crippen LogP contribution is -2.32. The van der Waals surface area contributed by atoms with E-state index in [2.05, 4.69) is 34.7 Å². The molecular weight excluding hydrogens is 394 g/mol. The molecule has 0 spiro atoms. The first-order valence-electron chi connectivity index (χ1n) is 10.3. The van der Waals surface area contributed by atoms with Crippen molar-refractivity contribution >= 4 is 12.1 Å². The Balaban J connectivity index is 1.50. The summed E-state index contributed by atoms with van der Waals surface area (Å²) in [5.41, 5.74) is 6.00. The Bertz CT molecular complexity index is 1080. The number of benzene rings is 2. The van der Waals surface area contributed by atoms with Crippen LogP contribution in [0.4, 0.5) is 4.79 Å². The fraction of sp³-hybridized carbons (Fsp3) is 0.292. The van der Waals surface area contributed by atoms with Crippen molar-refractivity contribution in [3.63, 3.8) is 0 Å². The van der Waals surface area contributed by atoms with Crippen LogP contribution in [0.15, 0.2) is 54.7 Å². The van der Waals surface area contributed by atoms with Crippen molar-refractivity contribution in [2.75, 3.05) is 6.61 Å². The lowest BCUT2D eigenvalue weighted by Gasteiger charge is -2.19. The number of hydrogen-bond donors (Lipinski definition) is 2. The molecule has 1 aliphatic rings. The van der Waals surface area contributed by atoms with E-state index >= 15 is 0 Å². The van der Waals surface area contributed by atoms with Crippen LogP contribution in [-0.4, -0.2) is 33.6 Å². The van der Waals surface area contributed by atoms with E-state index in [4.69, 9.17) is 4.74 Å². The zero-order valence-corrected chi connectivity index (χ0v) is 17.5. The van der Waals surface area contributed by atoms with Gasteiger partial charge in [-0.05, 0) is 28.7 Å². The minimum absolute atomic E-state index is 0.0549. The summed E-state index contributed by atoms with van der Waals surface area (Å²) in [4.78, 5) is 24.0. The molecule has 2 N–H and O–H groups in total. The van der Waals surface area contributed by atoms with Crippen molar-refractivity contribution in [2.24, 2.45) is 7.05 Å². The Labute approximate surface area is 180 Å². The molecule has 0 saturated heterocycles. The maximum atomic E-state index is 12.6. The van der Waals surface area contributed by atoms with Crippen LogP contribution in [0.25, 0.3) is 11.1 Å². The van der Waals surface area contributed by atoms with E-state index in [9.17, 15) is 14.7 Å². The molecule has 1 aromatic heterocycles. The quantitative estimate of drug-likeness (QED) is 0.603. The summed E-state index contributed by atoms with van der Waals surface area (Å²) in [5, 5.41) is 16.4. The molecule has 1 heterocycles. The fourth-order valence-corrected chi connectivity index (χ4v) is 4.31. The molecule has 3 aromatic rings. The van der Waals surface area contributed by atoms with Crippen LogP contribution in [0.3, 0.4) is 0 Å². The number of aromatic nitrogens is 2. The minimum atomic E-state index is -1.00. The first kappa shape index (κ1) is 20.7. The predicted molar refractivity (Wildman–Crippen MR) is 116 cm³/mol. The van der Waals surface area contributed by atoms with E-state index in [1.54, 1.807) is 17.9 Å². The normalized spacial score (nSPS) is 13.4. The van der Waals surface area contributed by atoms with Crippen LogP contribution in [-0.2, 0) is 23.0 Å². The molecule has 0 radical (unpaired) electrons. The Kier molecular flexibility index (Phi) is 5.75. The number of rotatable bonds is 7. The van der Waals surface area contributed by atoms with E-state index in [1.807, 2.05) is 31.2 Å². The van der Waals surface area contributed by atoms with Crippen molar-refractivity contribution in [1.82, 2.24) is 15.1 Å². The number of aliphatic carboxylic acids is 1. The van der Waals surface area contributed by atoms with Crippen LogP contribution >= 0.6 is 0 Å². The zero-order chi connectivity index (χ0) is 22.0. The zero-order valence-electron chi connectivity index (χ0n) is 17.5. The first-order chi connectivity index (χ1) is 15.0. The maximum absolute atomic E-state index is 12.6. The van der Waals surface area contributed by atoms with Crippen molar-refractivity contribution in [3.8, 4) is 11.1 Å². The average Bonchev–Trinajstić information content (AvgIpc) is 3.29. The van der Waals surface area contributed by atoms with Gasteiger partial charge < -0.3 is 15.2 Å². The van der Waals surface area contributed by atoms with Gasteiger partial charge in [-0.3, -0.25) is 9.48 Å². The van der Waals surface area contributed by atoms with E-state index in [1.165, 1.54) is 0 Å². The van der Waals surface area contributed by atoms with E-state index < -0.39 is 18.1 Å². The second-order valence-corrected chi connectivity index (χ2v) is 7.68. The topological polar surface area (TPSA) is 93.5 Å². The lowest BCUT2D eigenvalue weighted by atomic mass is 9.98. The fourth-order valence-electron chi connectivity index (χ4n) is 4.31. The van der Waals surface area contributed by atoms with Gasteiger partial charge in [-0.15, -0.1) is 0 Å². The molecule has 0 fully saturated rings. The van der Waals surface area contributed by atoms with Gasteiger partial charge in [0.1, 0.15) is 6.61 Å². The van der Waals surface area contributed by atoms with Crippen molar-refractivity contribution < 1.29 is 19.4 Å². The molecular formula is C24H25N3O4. The maximum Gasteiger partial charge on any atom is 0.407 e. The first-order valence-corrected chi connectivity index (χ1v) is 10.3. The minimum Gasteiger partial charge on any atom is -0.481 e. The van der Waals surface area contributed by atoms with Gasteiger partial charge >= 0.3 is 12.1 Å². The standard InChI is InChI=1S/C24H25N3O4/c1-3-21-19(13-27(2)26-21)22(12-23(28)29)25-24(30)31-14-20-17-10-6-4-8-15(17)16-9-5-7-11-18(16)20/h4-11,13,20,22H,3,12,14H2,1-2H3,(H,25,30)(H,28,29)/t22-/m0/s1. The van der Waals surface area contributed by atoms with Gasteiger partial charge in [0.15, 0.2) is 0 Å². The van der Waals surface area contributed by atoms with Crippen molar-refractivity contribution in [2.45, 2.75) is 31.7 Å². The van der Waals surface area contributed by atoms with Crippen LogP contribution in [0, 0.1) is 0 Å². The van der Waals surface area contributed by atoms with Gasteiger partial charge in [-0.1, -0.05) is 55.5 Å². The number of nitrogens with one attached hydrogen (secondary N) is 1. The van der Waals surface area contributed by atoms with Crippen LogP contribution in [0.1, 0.15) is 47.7 Å². The molecule has 2 aromatic carbocycles. The summed E-state index contributed by atoms with van der Waals surface area (Å²) in [6, 6.07) is 15.5. The molecule has 1 amide bonds. The second kappa shape index (κ2) is 8.63. The average molecular weight is 419 g/mol. The van der Waals surface area contributed by atoms with Gasteiger partial charge in [0, 0.05) is 24.7 Å². The highest BCUT2D eigenvalue weighted by molar-refractivity contribution is 5.79. The number of hydrogen-bond acceptors (Lipinski definition) is 4. The summed E-state index contributed by atoms with van der Waals surface area (Å²) in [7, 11) is 1.77. The summed E-state index contributed by atoms with van der Waals surface area (Å²) in [6.07, 6.45) is 1.50. The van der Waals surface area contributed by atoms with Gasteiger partial charge in [-0.25, -0.2) is 4.79 Å². The largest absolute Gasteiger partial charge is 0.481 e. The highest BCUT2D eigenvalue weighted by atomic mass is 16.5. The van der Waals surface area contributed by atoms with Gasteiger partial charge in [0.05, 0.1) is 18.2 Å². The van der Waals surface area contributed by atoms with Crippen LogP contribution in [0.2, 0.25) is 0 Å². The van der Waals surface area contributed by atoms with E-state index in [0.29, 0.717) is 12.0 Å². The van der Waals surface area contributed by atoms with E-state index in [0.717, 1.165) is 27.9 Å². The number of carboxylic acid groups (broad SMARTS) is 1. The molecule has 0 unspecified atom stereocenters. The number of carboxylic acids is 1. The third-order valence-corrected chi connectivity index (χ3v) is 5.66. The number of fused-ring (bicyclic) bond motifs is 3. The molecule has 4 rings (SSSR count). The molecule has 1 atom stereocenters. The molecule has 0 aliphatic heterocycles. The van der Waals surface area contributed by atoms with Gasteiger partial charge in [-0.2, -0.15) is 5.10 Å². The smallest absolute Gasteiger partial charge is 0.407 e. The molecule has 31 heavy (non-hydrogen) atoms. The van der Waals surface area contributed by atoms with Gasteiger partial charge in [0.25, 0.3) is 0 Å². The number of alkyl carbamates (subject to hydrolysis) is 1.